The van der Waals surface area contributed by atoms with Gasteiger partial charge in [-0.25, -0.2) is 0 Å². The van der Waals surface area contributed by atoms with Crippen molar-refractivity contribution in [3.63, 3.8) is 0 Å². The molecule has 13 nitrogen and oxygen atoms in total. The number of hydrogen-bond acceptors (Lipinski definition) is 16. The van der Waals surface area contributed by atoms with Gasteiger partial charge in [0.1, 0.15) is 46.0 Å². The van der Waals surface area contributed by atoms with Crippen molar-refractivity contribution in [2.24, 2.45) is 0 Å². The van der Waals surface area contributed by atoms with Crippen LogP contribution in [-0.4, -0.2) is 75.5 Å². The van der Waals surface area contributed by atoms with Crippen LogP contribution in [0.25, 0.3) is 0 Å². The lowest BCUT2D eigenvalue weighted by molar-refractivity contribution is -0.136. The Hall–Kier alpha value is -5.22. The van der Waals surface area contributed by atoms with Crippen LogP contribution in [0.1, 0.15) is 43.0 Å². The number of ketones is 2. The normalized spacial score (nSPS) is 11.7. The Morgan fingerprint density at radius 1 is 0.518 bits per heavy atom. The van der Waals surface area contributed by atoms with Crippen molar-refractivity contribution in [2.75, 3.05) is 42.7 Å². The number of benzene rings is 8. The van der Waals surface area contributed by atoms with Crippen LogP contribution in [-0.2, 0) is 30.5 Å². The standard InChI is InChI=1S/C16H14INO2S.C16H15IO4S.C16H13IO3S.C14H9IO3S/c1-19-13-8-14(20-2)10-15(9-13)21-16-7-12(17)4-3-11(16)5-6-18;1-20-12-7-13(21-2)9-14(8-12)22-15-6-11(17)4-3-10(15)5-16(18)19;1-19-11-7-13(20-2)16-12(18)5-9-3-4-10(17)6-14(9)21-15(16)8-11;15-8-2-1-7-3-10(17)14-11(18)5-9(16)6-13(14)19-12(7)4-8/h3-4,7-10H,5H2,1-2H3;3-4,6-9H,5H2,1-2H3,(H,18,19);3-4,6-8H,5H2,1-2H3;1-2,4-6,16,18H,3H2. The third-order valence-electron chi connectivity index (χ3n) is 12.1. The van der Waals surface area contributed by atoms with Crippen LogP contribution >= 0.6 is 137 Å². The SMILES string of the molecule is COc1cc(OC)c2c(c1)Sc1cc(I)ccc1CC2=O.COc1cc(OC)cc(Sc2cc(I)ccc2CC#N)c1.COc1cc(OC)cc(Sc2cc(I)ccc2CC(=O)O)c1.O=C1Cc2ccc(I)cc2Sc2cc(O)cc(O)c21. The molecule has 10 rings (SSSR count). The number of methoxy groups -OCH3 is 6. The van der Waals surface area contributed by atoms with E-state index in [1.807, 2.05) is 97.1 Å². The van der Waals surface area contributed by atoms with E-state index in [0.29, 0.717) is 51.9 Å². The number of Topliss-reactive ketones (excluding diaryl/α,β-unsaturated/α-hetero) is 2. The Kier molecular flexibility index (Phi) is 24.6. The fourth-order valence-electron chi connectivity index (χ4n) is 8.17. The second kappa shape index (κ2) is 31.3. The average molecular weight is 1640 g/mol. The molecule has 8 aromatic rings. The van der Waals surface area contributed by atoms with Crippen molar-refractivity contribution in [1.82, 2.24) is 0 Å². The lowest BCUT2D eigenvalue weighted by Crippen LogP contribution is -2.06. The first-order chi connectivity index (χ1) is 39.8. The van der Waals surface area contributed by atoms with Crippen LogP contribution in [0.2, 0.25) is 0 Å². The number of nitriles is 1. The fourth-order valence-corrected chi connectivity index (χ4v) is 15.5. The van der Waals surface area contributed by atoms with Crippen LogP contribution in [0.5, 0.6) is 46.0 Å². The lowest BCUT2D eigenvalue weighted by atomic mass is 10.0. The zero-order valence-electron chi connectivity index (χ0n) is 45.1. The molecule has 2 aliphatic heterocycles. The van der Waals surface area contributed by atoms with Gasteiger partial charge in [-0.3, -0.25) is 14.4 Å². The van der Waals surface area contributed by atoms with Gasteiger partial charge in [0.2, 0.25) is 0 Å². The van der Waals surface area contributed by atoms with Gasteiger partial charge in [0, 0.05) is 90.6 Å². The summed E-state index contributed by atoms with van der Waals surface area (Å²) >= 11 is 15.1. The molecule has 0 saturated carbocycles. The van der Waals surface area contributed by atoms with E-state index in [1.54, 1.807) is 78.3 Å². The zero-order chi connectivity index (χ0) is 59.9. The first-order valence-electron chi connectivity index (χ1n) is 24.6. The number of halogens is 4. The highest BCUT2D eigenvalue weighted by Crippen LogP contribution is 2.45. The third kappa shape index (κ3) is 18.2. The topological polar surface area (TPSA) is 191 Å². The Morgan fingerprint density at radius 2 is 0.940 bits per heavy atom. The van der Waals surface area contributed by atoms with E-state index in [9.17, 15) is 24.6 Å². The van der Waals surface area contributed by atoms with Crippen molar-refractivity contribution in [2.45, 2.75) is 64.8 Å². The molecule has 0 fully saturated rings. The largest absolute Gasteiger partial charge is 0.508 e. The van der Waals surface area contributed by atoms with Crippen molar-refractivity contribution < 1.29 is 58.1 Å². The van der Waals surface area contributed by atoms with Gasteiger partial charge in [-0.1, -0.05) is 71.3 Å². The molecule has 0 aromatic heterocycles. The second-order valence-corrected chi connectivity index (χ2v) is 27.0. The van der Waals surface area contributed by atoms with Crippen molar-refractivity contribution in [3.8, 4) is 52.1 Å². The molecule has 428 valence electrons. The molecule has 0 radical (unpaired) electrons. The number of hydrogen-bond donors (Lipinski definition) is 3. The summed E-state index contributed by atoms with van der Waals surface area (Å²) in [4.78, 5) is 43.4. The smallest absolute Gasteiger partial charge is 0.307 e. The Balaban J connectivity index is 0.000000159. The number of phenolic OH excluding ortho intramolecular Hbond substituents is 2. The minimum Gasteiger partial charge on any atom is -0.508 e. The lowest BCUT2D eigenvalue weighted by Gasteiger charge is -2.12. The maximum absolute atomic E-state index is 12.6. The van der Waals surface area contributed by atoms with E-state index >= 15 is 0 Å². The fraction of sp³-hybridized carbons (Fsp3) is 0.161. The predicted molar refractivity (Wildman–Crippen MR) is 358 cm³/mol. The monoisotopic (exact) mass is 1640 g/mol. The van der Waals surface area contributed by atoms with E-state index in [-0.39, 0.29) is 35.9 Å². The predicted octanol–water partition coefficient (Wildman–Crippen LogP) is 16.4. The van der Waals surface area contributed by atoms with Crippen LogP contribution in [0, 0.1) is 25.6 Å². The zero-order valence-corrected chi connectivity index (χ0v) is 57.0. The maximum atomic E-state index is 12.6. The highest BCUT2D eigenvalue weighted by atomic mass is 127. The summed E-state index contributed by atoms with van der Waals surface area (Å²) < 4.78 is 36.2. The van der Waals surface area contributed by atoms with Crippen molar-refractivity contribution >= 4 is 155 Å². The summed E-state index contributed by atoms with van der Waals surface area (Å²) in [6.07, 6.45) is 1.07. The van der Waals surface area contributed by atoms with E-state index in [2.05, 4.69) is 109 Å². The van der Waals surface area contributed by atoms with Gasteiger partial charge >= 0.3 is 5.97 Å². The molecular formula is C62H51I4NO12S4. The van der Waals surface area contributed by atoms with E-state index in [1.165, 1.54) is 35.7 Å². The maximum Gasteiger partial charge on any atom is 0.307 e. The van der Waals surface area contributed by atoms with E-state index < -0.39 is 5.97 Å². The molecule has 8 aromatic carbocycles. The molecule has 0 unspecified atom stereocenters. The highest BCUT2D eigenvalue weighted by molar-refractivity contribution is 14.1. The third-order valence-corrected chi connectivity index (χ3v) is 19.2. The molecule has 2 aliphatic rings. The summed E-state index contributed by atoms with van der Waals surface area (Å²) in [7, 11) is 9.66. The molecule has 0 atom stereocenters. The number of fused-ring (bicyclic) bond motifs is 4. The summed E-state index contributed by atoms with van der Waals surface area (Å²) in [5.74, 6) is 3.10. The van der Waals surface area contributed by atoms with Crippen LogP contribution in [0.3, 0.4) is 0 Å². The average Bonchev–Trinajstić information content (AvgIpc) is 3.71. The minimum absolute atomic E-state index is 0.000354. The van der Waals surface area contributed by atoms with Gasteiger partial charge in [0.25, 0.3) is 0 Å². The number of nitrogens with zero attached hydrogens (tertiary/aromatic N) is 1. The number of carbonyl (C=O) groups is 3. The Labute approximate surface area is 552 Å². The van der Waals surface area contributed by atoms with Gasteiger partial charge < -0.3 is 43.7 Å². The minimum atomic E-state index is -0.841. The Morgan fingerprint density at radius 3 is 1.40 bits per heavy atom. The van der Waals surface area contributed by atoms with Gasteiger partial charge in [-0.2, -0.15) is 5.26 Å². The molecule has 0 amide bonds. The molecule has 0 bridgehead atoms. The van der Waals surface area contributed by atoms with E-state index in [4.69, 9.17) is 38.8 Å². The number of aliphatic carboxylic acids is 1. The first-order valence-corrected chi connectivity index (χ1v) is 32.2. The molecule has 3 N–H and O–H groups in total. The van der Waals surface area contributed by atoms with Crippen molar-refractivity contribution in [3.05, 3.63) is 181 Å². The van der Waals surface area contributed by atoms with Crippen molar-refractivity contribution in [1.29, 1.82) is 5.26 Å². The molecular weight excluding hydrogens is 1590 g/mol. The summed E-state index contributed by atoms with van der Waals surface area (Å²) in [5.41, 5.74) is 4.78. The summed E-state index contributed by atoms with van der Waals surface area (Å²) in [5, 5.41) is 37.4. The first kappa shape index (κ1) is 65.3. The molecule has 0 spiro atoms. The number of ether oxygens (including phenoxy) is 6. The Bertz CT molecular complexity index is 3720. The van der Waals surface area contributed by atoms with Gasteiger partial charge in [-0.05, 0) is 198 Å². The number of aromatic hydroxyl groups is 2. The van der Waals surface area contributed by atoms with E-state index in [0.717, 1.165) is 82.3 Å². The molecule has 2 heterocycles. The molecule has 21 heteroatoms. The number of carboxylic acids is 1. The van der Waals surface area contributed by atoms with Crippen LogP contribution in [0.4, 0.5) is 0 Å². The van der Waals surface area contributed by atoms with Crippen LogP contribution < -0.4 is 28.4 Å². The van der Waals surface area contributed by atoms with Gasteiger partial charge in [-0.15, -0.1) is 0 Å². The number of rotatable bonds is 13. The quantitative estimate of drug-likeness (QED) is 0.0923. The summed E-state index contributed by atoms with van der Waals surface area (Å²) in [6, 6.07) is 43.9. The molecule has 0 aliphatic carbocycles. The molecule has 0 saturated heterocycles. The highest BCUT2D eigenvalue weighted by Gasteiger charge is 2.27. The summed E-state index contributed by atoms with van der Waals surface area (Å²) in [6.45, 7) is 0. The number of carboxylic acid groups (broad SMARTS) is 1. The number of phenols is 2. The van der Waals surface area contributed by atoms with Gasteiger partial charge in [0.15, 0.2) is 11.6 Å². The van der Waals surface area contributed by atoms with Gasteiger partial charge in [0.05, 0.1) is 72.7 Å². The number of carbonyl (C=O) groups excluding carboxylic acids is 2. The molecule has 83 heavy (non-hydrogen) atoms. The second-order valence-electron chi connectivity index (χ2n) is 17.7. The van der Waals surface area contributed by atoms with Crippen LogP contribution in [0.15, 0.2) is 173 Å².